The minimum Gasteiger partial charge on any atom is -0.493 e. The van der Waals surface area contributed by atoms with Gasteiger partial charge in [0.05, 0.1) is 67.7 Å². The first-order valence-corrected chi connectivity index (χ1v) is 23.1. The van der Waals surface area contributed by atoms with Gasteiger partial charge in [-0.05, 0) is 92.6 Å². The molecule has 3 atom stereocenters. The minimum absolute atomic E-state index is 0.0317. The highest BCUT2D eigenvalue weighted by Crippen LogP contribution is 2.30. The molecule has 5 rings (SSSR count). The summed E-state index contributed by atoms with van der Waals surface area (Å²) in [6.45, 7) is 11.2. The molecule has 0 fully saturated rings. The van der Waals surface area contributed by atoms with E-state index in [1.807, 2.05) is 67.6 Å². The topological polar surface area (TPSA) is 204 Å². The molecule has 16 heteroatoms. The van der Waals surface area contributed by atoms with E-state index >= 15 is 0 Å². The minimum atomic E-state index is -0.797. The second-order valence-electron chi connectivity index (χ2n) is 16.1. The van der Waals surface area contributed by atoms with E-state index in [1.54, 1.807) is 57.2 Å². The number of amides is 4. The van der Waals surface area contributed by atoms with Gasteiger partial charge in [-0.25, -0.2) is 4.79 Å². The molecular weight excluding hydrogens is 883 g/mol. The number of hydrogen-bond acceptors (Lipinski definition) is 12. The summed E-state index contributed by atoms with van der Waals surface area (Å²) in [6.07, 6.45) is 3.35. The SMILES string of the molecule is C=Nc1ccc(C(=O)ON(C=O)[C@H](CC)[C@@H](CCCCC)C(=O)NCNC(=O)c2ccc(-c3ccc(C(=O)N[C@H](COCc4ccccc4)CC(=O)OCc4ccccc4)c(OCC)c3)o2)c(C)c1. The fourth-order valence-corrected chi connectivity index (χ4v) is 7.53. The number of esters is 1. The monoisotopic (exact) mass is 943 g/mol. The fourth-order valence-electron chi connectivity index (χ4n) is 7.53. The molecule has 0 spiro atoms. The molecule has 0 aliphatic heterocycles. The van der Waals surface area contributed by atoms with E-state index in [4.69, 9.17) is 23.5 Å². The maximum absolute atomic E-state index is 13.8. The van der Waals surface area contributed by atoms with Crippen LogP contribution in [0.2, 0.25) is 0 Å². The number of hydrogen-bond donors (Lipinski definition) is 3. The van der Waals surface area contributed by atoms with E-state index in [0.717, 1.165) is 29.0 Å². The first-order valence-electron chi connectivity index (χ1n) is 23.1. The molecule has 4 aromatic carbocycles. The molecule has 0 saturated heterocycles. The molecule has 5 aromatic rings. The first kappa shape index (κ1) is 52.4. The van der Waals surface area contributed by atoms with Gasteiger partial charge in [-0.3, -0.25) is 29.0 Å². The standard InChI is InChI=1S/C53H61N5O11/c1-6-9-12-21-43(45(7-2)58(35-59)69-53(64)42-25-23-40(54-5)28-36(42)4)50(61)55-34-56-52(63)47-27-26-46(68-47)39-22-24-44(48(29-39)66-8-3)51(62)57-41(33-65-31-37-17-13-10-14-18-37)30-49(60)67-32-38-19-15-11-16-20-38/h10-11,13-20,22-29,35,41,43,45H,5-9,12,21,30-34H2,1-4H3,(H,55,61)(H,56,63)(H,57,62)/t41-,43+,45+/m0/s1. The van der Waals surface area contributed by atoms with Crippen molar-refractivity contribution in [3.8, 4) is 17.1 Å². The summed E-state index contributed by atoms with van der Waals surface area (Å²) in [4.78, 5) is 88.8. The number of carbonyl (C=O) groups is 6. The lowest BCUT2D eigenvalue weighted by Crippen LogP contribution is -2.49. The summed E-state index contributed by atoms with van der Waals surface area (Å²) in [7, 11) is 0. The average Bonchev–Trinajstić information content (AvgIpc) is 3.86. The third-order valence-corrected chi connectivity index (χ3v) is 11.1. The van der Waals surface area contributed by atoms with Crippen molar-refractivity contribution in [2.45, 2.75) is 91.5 Å². The van der Waals surface area contributed by atoms with Crippen LogP contribution in [0.15, 0.2) is 119 Å². The fraction of sp³-hybridized carbons (Fsp3) is 0.340. The molecular formula is C53H61N5O11. The lowest BCUT2D eigenvalue weighted by molar-refractivity contribution is -0.171. The van der Waals surface area contributed by atoms with Gasteiger partial charge >= 0.3 is 11.9 Å². The predicted octanol–water partition coefficient (Wildman–Crippen LogP) is 8.44. The molecule has 0 saturated carbocycles. The van der Waals surface area contributed by atoms with E-state index in [-0.39, 0.29) is 62.2 Å². The first-order chi connectivity index (χ1) is 33.5. The van der Waals surface area contributed by atoms with Gasteiger partial charge in [0.25, 0.3) is 11.8 Å². The Balaban J connectivity index is 1.22. The molecule has 0 aliphatic carbocycles. The molecule has 3 N–H and O–H groups in total. The van der Waals surface area contributed by atoms with Crippen LogP contribution in [-0.2, 0) is 41.9 Å². The maximum Gasteiger partial charge on any atom is 0.363 e. The van der Waals surface area contributed by atoms with Gasteiger partial charge < -0.3 is 39.4 Å². The van der Waals surface area contributed by atoms with E-state index in [2.05, 4.69) is 27.7 Å². The lowest BCUT2D eigenvalue weighted by Gasteiger charge is -2.32. The number of benzene rings is 4. The summed E-state index contributed by atoms with van der Waals surface area (Å²) in [5.74, 6) is -3.11. The molecule has 69 heavy (non-hydrogen) atoms. The normalized spacial score (nSPS) is 12.1. The van der Waals surface area contributed by atoms with Crippen molar-refractivity contribution in [1.82, 2.24) is 21.0 Å². The van der Waals surface area contributed by atoms with Crippen LogP contribution in [-0.4, -0.2) is 79.8 Å². The van der Waals surface area contributed by atoms with Gasteiger partial charge in [0.2, 0.25) is 12.3 Å². The summed E-state index contributed by atoms with van der Waals surface area (Å²) in [6, 6.07) is 30.0. The van der Waals surface area contributed by atoms with E-state index in [0.29, 0.717) is 48.2 Å². The third kappa shape index (κ3) is 15.7. The van der Waals surface area contributed by atoms with Crippen molar-refractivity contribution in [3.63, 3.8) is 0 Å². The molecule has 16 nitrogen and oxygen atoms in total. The molecule has 364 valence electrons. The van der Waals surface area contributed by atoms with E-state index in [9.17, 15) is 28.8 Å². The van der Waals surface area contributed by atoms with Gasteiger partial charge in [0, 0.05) is 5.56 Å². The van der Waals surface area contributed by atoms with Crippen LogP contribution in [0, 0.1) is 12.8 Å². The van der Waals surface area contributed by atoms with Crippen LogP contribution >= 0.6 is 0 Å². The van der Waals surface area contributed by atoms with Crippen molar-refractivity contribution in [3.05, 3.63) is 143 Å². The van der Waals surface area contributed by atoms with Gasteiger partial charge in [0.15, 0.2) is 5.76 Å². The Kier molecular flexibility index (Phi) is 20.7. The summed E-state index contributed by atoms with van der Waals surface area (Å²) >= 11 is 0. The largest absolute Gasteiger partial charge is 0.493 e. The maximum atomic E-state index is 13.8. The smallest absolute Gasteiger partial charge is 0.363 e. The third-order valence-electron chi connectivity index (χ3n) is 11.1. The van der Waals surface area contributed by atoms with Crippen LogP contribution in [0.5, 0.6) is 5.75 Å². The van der Waals surface area contributed by atoms with Gasteiger partial charge in [0.1, 0.15) is 18.1 Å². The lowest BCUT2D eigenvalue weighted by atomic mass is 9.90. The van der Waals surface area contributed by atoms with Crippen molar-refractivity contribution in [1.29, 1.82) is 0 Å². The second-order valence-corrected chi connectivity index (χ2v) is 16.1. The zero-order chi connectivity index (χ0) is 49.5. The summed E-state index contributed by atoms with van der Waals surface area (Å²) in [5.41, 5.74) is 3.86. The van der Waals surface area contributed by atoms with Gasteiger partial charge in [-0.1, -0.05) is 99.8 Å². The number of aliphatic imine (C=N–C) groups is 1. The number of hydroxylamine groups is 2. The van der Waals surface area contributed by atoms with E-state index < -0.39 is 47.7 Å². The van der Waals surface area contributed by atoms with E-state index in [1.165, 1.54) is 12.1 Å². The zero-order valence-corrected chi connectivity index (χ0v) is 39.6. The molecule has 0 radical (unpaired) electrons. The number of nitrogens with zero attached hydrogens (tertiary/aromatic N) is 2. The summed E-state index contributed by atoms with van der Waals surface area (Å²) in [5, 5.41) is 9.20. The highest BCUT2D eigenvalue weighted by molar-refractivity contribution is 5.98. The Morgan fingerprint density at radius 2 is 1.52 bits per heavy atom. The van der Waals surface area contributed by atoms with Crippen LogP contribution in [0.25, 0.3) is 11.3 Å². The van der Waals surface area contributed by atoms with Crippen LogP contribution < -0.4 is 20.7 Å². The van der Waals surface area contributed by atoms with Crippen molar-refractivity contribution in [2.24, 2.45) is 10.9 Å². The van der Waals surface area contributed by atoms with Crippen LogP contribution in [0.3, 0.4) is 0 Å². The Hall–Kier alpha value is -7.59. The molecule has 0 bridgehead atoms. The second kappa shape index (κ2) is 27.3. The Morgan fingerprint density at radius 3 is 2.17 bits per heavy atom. The Labute approximate surface area is 402 Å². The van der Waals surface area contributed by atoms with Crippen molar-refractivity contribution >= 4 is 48.5 Å². The Morgan fingerprint density at radius 1 is 0.812 bits per heavy atom. The van der Waals surface area contributed by atoms with Crippen LogP contribution in [0.1, 0.15) is 107 Å². The molecule has 0 unspecified atom stereocenters. The van der Waals surface area contributed by atoms with Gasteiger partial charge in [-0.2, -0.15) is 5.06 Å². The number of furan rings is 1. The van der Waals surface area contributed by atoms with Crippen molar-refractivity contribution < 1.29 is 52.2 Å². The molecule has 4 amide bonds. The van der Waals surface area contributed by atoms with Crippen LogP contribution in [0.4, 0.5) is 5.69 Å². The number of unbranched alkanes of at least 4 members (excludes halogenated alkanes) is 2. The molecule has 1 aromatic heterocycles. The predicted molar refractivity (Wildman–Crippen MR) is 259 cm³/mol. The molecule has 1 heterocycles. The number of carbonyl (C=O) groups excluding carboxylic acids is 6. The number of aryl methyl sites for hydroxylation is 1. The zero-order valence-electron chi connectivity index (χ0n) is 39.6. The Bertz CT molecular complexity index is 2490. The molecule has 0 aliphatic rings. The van der Waals surface area contributed by atoms with Gasteiger partial charge in [-0.15, -0.1) is 0 Å². The number of ether oxygens (including phenoxy) is 3. The number of rotatable bonds is 28. The van der Waals surface area contributed by atoms with Crippen molar-refractivity contribution in [2.75, 3.05) is 19.9 Å². The highest BCUT2D eigenvalue weighted by atomic mass is 16.7. The average molecular weight is 944 g/mol. The quantitative estimate of drug-likeness (QED) is 0.0108. The summed E-state index contributed by atoms with van der Waals surface area (Å²) < 4.78 is 23.3. The highest BCUT2D eigenvalue weighted by Gasteiger charge is 2.34. The number of nitrogens with one attached hydrogen (secondary N) is 3.